The van der Waals surface area contributed by atoms with Crippen molar-refractivity contribution in [2.75, 3.05) is 32.1 Å². The van der Waals surface area contributed by atoms with Gasteiger partial charge in [-0.15, -0.1) is 12.4 Å². The number of morpholine rings is 1. The third kappa shape index (κ3) is 4.57. The highest BCUT2D eigenvalue weighted by Crippen LogP contribution is 2.21. The first kappa shape index (κ1) is 17.7. The third-order valence-corrected chi connectivity index (χ3v) is 3.26. The summed E-state index contributed by atoms with van der Waals surface area (Å²) in [5, 5.41) is 8.58. The topological polar surface area (TPSA) is 79.5 Å². The van der Waals surface area contributed by atoms with E-state index in [9.17, 15) is 9.59 Å². The van der Waals surface area contributed by atoms with Gasteiger partial charge >= 0.3 is 0 Å². The zero-order chi connectivity index (χ0) is 14.5. The Morgan fingerprint density at radius 1 is 1.43 bits per heavy atom. The van der Waals surface area contributed by atoms with Gasteiger partial charge in [-0.2, -0.15) is 0 Å². The summed E-state index contributed by atoms with van der Waals surface area (Å²) in [6, 6.07) is 4.38. The van der Waals surface area contributed by atoms with E-state index in [0.717, 1.165) is 0 Å². The quantitative estimate of drug-likeness (QED) is 0.772. The van der Waals surface area contributed by atoms with Crippen LogP contribution in [0.25, 0.3) is 0 Å². The number of hydrogen-bond donors (Lipinski definition) is 3. The lowest BCUT2D eigenvalue weighted by Crippen LogP contribution is -2.48. The van der Waals surface area contributed by atoms with Crippen molar-refractivity contribution in [3.05, 3.63) is 28.8 Å². The first-order valence-corrected chi connectivity index (χ1v) is 6.63. The molecule has 3 N–H and O–H groups in total. The summed E-state index contributed by atoms with van der Waals surface area (Å²) in [4.78, 5) is 23.5. The largest absolute Gasteiger partial charge is 0.378 e. The van der Waals surface area contributed by atoms with Crippen LogP contribution in [0.3, 0.4) is 0 Å². The molecule has 1 aliphatic heterocycles. The van der Waals surface area contributed by atoms with Crippen molar-refractivity contribution in [1.82, 2.24) is 10.6 Å². The number of anilines is 1. The lowest BCUT2D eigenvalue weighted by Gasteiger charge is -2.23. The maximum Gasteiger partial charge on any atom is 0.252 e. The fourth-order valence-corrected chi connectivity index (χ4v) is 2.14. The molecule has 0 saturated carbocycles. The van der Waals surface area contributed by atoms with E-state index in [-0.39, 0.29) is 35.3 Å². The minimum absolute atomic E-state index is 0. The summed E-state index contributed by atoms with van der Waals surface area (Å²) in [7, 11) is 1.53. The van der Waals surface area contributed by atoms with E-state index in [2.05, 4.69) is 16.0 Å². The van der Waals surface area contributed by atoms with Crippen LogP contribution >= 0.6 is 24.0 Å². The molecule has 0 radical (unpaired) electrons. The smallest absolute Gasteiger partial charge is 0.252 e. The number of halogens is 2. The van der Waals surface area contributed by atoms with Crippen molar-refractivity contribution in [3.8, 4) is 0 Å². The fraction of sp³-hybridized carbons (Fsp3) is 0.385. The number of hydrogen-bond acceptors (Lipinski definition) is 4. The number of nitrogens with one attached hydrogen (secondary N) is 3. The number of amides is 2. The van der Waals surface area contributed by atoms with Gasteiger partial charge in [-0.1, -0.05) is 11.6 Å². The van der Waals surface area contributed by atoms with Crippen molar-refractivity contribution in [2.45, 2.75) is 6.04 Å². The van der Waals surface area contributed by atoms with Crippen molar-refractivity contribution in [3.63, 3.8) is 0 Å². The standard InChI is InChI=1S/C13H16ClN3O3.ClH/c1-15-12(18)9-3-2-8(6-10(9)14)17-13(19)11-7-20-5-4-16-11;/h2-3,6,11,16H,4-5,7H2,1H3,(H,15,18)(H,17,19);1H. The third-order valence-electron chi connectivity index (χ3n) is 2.95. The molecule has 0 aromatic heterocycles. The van der Waals surface area contributed by atoms with E-state index < -0.39 is 0 Å². The average Bonchev–Trinajstić information content (AvgIpc) is 2.47. The van der Waals surface area contributed by atoms with Crippen LogP contribution in [0, 0.1) is 0 Å². The number of carbonyl (C=O) groups is 2. The molecule has 0 spiro atoms. The van der Waals surface area contributed by atoms with Crippen LogP contribution in [-0.4, -0.2) is 44.7 Å². The molecule has 2 amide bonds. The molecule has 2 rings (SSSR count). The molecule has 1 aromatic rings. The van der Waals surface area contributed by atoms with Gasteiger partial charge in [0.25, 0.3) is 5.91 Å². The van der Waals surface area contributed by atoms with Crippen LogP contribution < -0.4 is 16.0 Å². The molecule has 0 bridgehead atoms. The van der Waals surface area contributed by atoms with E-state index in [1.165, 1.54) is 7.05 Å². The summed E-state index contributed by atoms with van der Waals surface area (Å²) in [6.07, 6.45) is 0. The molecule has 1 heterocycles. The Balaban J connectivity index is 0.00000220. The highest BCUT2D eigenvalue weighted by molar-refractivity contribution is 6.34. The van der Waals surface area contributed by atoms with Crippen molar-refractivity contribution < 1.29 is 14.3 Å². The van der Waals surface area contributed by atoms with Crippen LogP contribution in [0.5, 0.6) is 0 Å². The summed E-state index contributed by atoms with van der Waals surface area (Å²) >= 11 is 6.02. The molecule has 1 fully saturated rings. The Hall–Kier alpha value is -1.34. The van der Waals surface area contributed by atoms with E-state index in [4.69, 9.17) is 16.3 Å². The molecule has 1 aromatic carbocycles. The first-order chi connectivity index (χ1) is 9.61. The van der Waals surface area contributed by atoms with Crippen LogP contribution in [0.1, 0.15) is 10.4 Å². The van der Waals surface area contributed by atoms with Crippen molar-refractivity contribution >= 4 is 41.5 Å². The number of carbonyl (C=O) groups excluding carboxylic acids is 2. The molecule has 1 atom stereocenters. The minimum Gasteiger partial charge on any atom is -0.378 e. The van der Waals surface area contributed by atoms with Gasteiger partial charge in [-0.3, -0.25) is 9.59 Å². The van der Waals surface area contributed by atoms with Crippen LogP contribution in [0.4, 0.5) is 5.69 Å². The zero-order valence-electron chi connectivity index (χ0n) is 11.4. The Bertz CT molecular complexity index is 519. The maximum absolute atomic E-state index is 12.0. The zero-order valence-corrected chi connectivity index (χ0v) is 13.0. The molecule has 1 saturated heterocycles. The molecule has 1 aliphatic rings. The predicted octanol–water partition coefficient (Wildman–Crippen LogP) is 1.05. The van der Waals surface area contributed by atoms with E-state index in [1.54, 1.807) is 18.2 Å². The summed E-state index contributed by atoms with van der Waals surface area (Å²) in [6.45, 7) is 1.60. The number of benzene rings is 1. The Labute approximate surface area is 134 Å². The molecule has 6 nitrogen and oxygen atoms in total. The second kappa shape index (κ2) is 8.19. The molecular weight excluding hydrogens is 317 g/mol. The summed E-state index contributed by atoms with van der Waals surface area (Å²) in [5.41, 5.74) is 0.909. The monoisotopic (exact) mass is 333 g/mol. The van der Waals surface area contributed by atoms with Gasteiger partial charge in [0.05, 0.1) is 23.8 Å². The van der Waals surface area contributed by atoms with Gasteiger partial charge < -0.3 is 20.7 Å². The van der Waals surface area contributed by atoms with E-state index in [0.29, 0.717) is 31.0 Å². The molecular formula is C13H17Cl2N3O3. The molecule has 8 heteroatoms. The Morgan fingerprint density at radius 2 is 2.19 bits per heavy atom. The number of rotatable bonds is 3. The van der Waals surface area contributed by atoms with Crippen molar-refractivity contribution in [1.29, 1.82) is 0 Å². The fourth-order valence-electron chi connectivity index (χ4n) is 1.87. The van der Waals surface area contributed by atoms with Gasteiger partial charge in [-0.25, -0.2) is 0 Å². The summed E-state index contributed by atoms with van der Waals surface area (Å²) in [5.74, 6) is -0.455. The second-order valence-electron chi connectivity index (χ2n) is 4.34. The Morgan fingerprint density at radius 3 is 2.76 bits per heavy atom. The maximum atomic E-state index is 12.0. The normalized spacial score (nSPS) is 17.5. The van der Waals surface area contributed by atoms with Crippen molar-refractivity contribution in [2.24, 2.45) is 0 Å². The Kier molecular flexibility index (Phi) is 6.91. The van der Waals surface area contributed by atoms with Gasteiger partial charge in [0.15, 0.2) is 0 Å². The van der Waals surface area contributed by atoms with Gasteiger partial charge in [-0.05, 0) is 18.2 Å². The molecule has 0 aliphatic carbocycles. The van der Waals surface area contributed by atoms with Crippen LogP contribution in [0.2, 0.25) is 5.02 Å². The SMILES string of the molecule is CNC(=O)c1ccc(NC(=O)C2COCCN2)cc1Cl.Cl. The molecule has 21 heavy (non-hydrogen) atoms. The van der Waals surface area contributed by atoms with E-state index >= 15 is 0 Å². The lowest BCUT2D eigenvalue weighted by molar-refractivity contribution is -0.120. The van der Waals surface area contributed by atoms with Gasteiger partial charge in [0.2, 0.25) is 5.91 Å². The van der Waals surface area contributed by atoms with Crippen LogP contribution in [-0.2, 0) is 9.53 Å². The van der Waals surface area contributed by atoms with Gasteiger partial charge in [0, 0.05) is 19.3 Å². The van der Waals surface area contributed by atoms with Gasteiger partial charge in [0.1, 0.15) is 6.04 Å². The lowest BCUT2D eigenvalue weighted by atomic mass is 10.2. The highest BCUT2D eigenvalue weighted by atomic mass is 35.5. The average molecular weight is 334 g/mol. The van der Waals surface area contributed by atoms with Crippen LogP contribution in [0.15, 0.2) is 18.2 Å². The first-order valence-electron chi connectivity index (χ1n) is 6.25. The van der Waals surface area contributed by atoms with E-state index in [1.807, 2.05) is 0 Å². The highest BCUT2D eigenvalue weighted by Gasteiger charge is 2.21. The predicted molar refractivity (Wildman–Crippen MR) is 83.3 cm³/mol. The minimum atomic E-state index is -0.374. The number of ether oxygens (including phenoxy) is 1. The summed E-state index contributed by atoms with van der Waals surface area (Å²) < 4.78 is 5.23. The molecule has 1 unspecified atom stereocenters. The second-order valence-corrected chi connectivity index (χ2v) is 4.75. The molecule has 116 valence electrons.